The first-order chi connectivity index (χ1) is 9.13. The maximum atomic E-state index is 10.5. The van der Waals surface area contributed by atoms with E-state index in [9.17, 15) is 5.11 Å². The Morgan fingerprint density at radius 2 is 1.74 bits per heavy atom. The first-order valence-corrected chi connectivity index (χ1v) is 6.70. The van der Waals surface area contributed by atoms with Gasteiger partial charge in [-0.05, 0) is 24.1 Å². The number of hydrogen-bond donors (Lipinski definition) is 2. The van der Waals surface area contributed by atoms with Gasteiger partial charge in [-0.15, -0.1) is 0 Å². The van der Waals surface area contributed by atoms with E-state index in [-0.39, 0.29) is 5.92 Å². The van der Waals surface area contributed by atoms with Crippen molar-refractivity contribution in [2.75, 3.05) is 6.54 Å². The molecular formula is C16H18ClNO. The average Bonchev–Trinajstić information content (AvgIpc) is 2.42. The van der Waals surface area contributed by atoms with Crippen molar-refractivity contribution in [1.82, 2.24) is 0 Å². The highest BCUT2D eigenvalue weighted by Crippen LogP contribution is 2.33. The molecule has 0 spiro atoms. The molecule has 0 aliphatic carbocycles. The smallest absolute Gasteiger partial charge is 0.0885 e. The van der Waals surface area contributed by atoms with Crippen molar-refractivity contribution < 1.29 is 5.11 Å². The van der Waals surface area contributed by atoms with Crippen LogP contribution in [0, 0.1) is 6.92 Å². The summed E-state index contributed by atoms with van der Waals surface area (Å²) in [7, 11) is 0. The zero-order chi connectivity index (χ0) is 13.8. The second-order valence-electron chi connectivity index (χ2n) is 4.72. The zero-order valence-electron chi connectivity index (χ0n) is 10.9. The van der Waals surface area contributed by atoms with Crippen molar-refractivity contribution in [3.63, 3.8) is 0 Å². The normalized spacial score (nSPS) is 14.1. The molecule has 2 unspecified atom stereocenters. The predicted octanol–water partition coefficient (Wildman–Crippen LogP) is 3.42. The molecular weight excluding hydrogens is 258 g/mol. The molecule has 3 heteroatoms. The second-order valence-corrected chi connectivity index (χ2v) is 5.13. The van der Waals surface area contributed by atoms with E-state index >= 15 is 0 Å². The number of halogens is 1. The Hall–Kier alpha value is -1.35. The number of nitrogens with two attached hydrogens (primary N) is 1. The van der Waals surface area contributed by atoms with Gasteiger partial charge in [-0.1, -0.05) is 59.6 Å². The minimum Gasteiger partial charge on any atom is -0.388 e. The van der Waals surface area contributed by atoms with Crippen molar-refractivity contribution >= 4 is 11.6 Å². The molecule has 100 valence electrons. The van der Waals surface area contributed by atoms with Crippen molar-refractivity contribution in [2.45, 2.75) is 18.9 Å². The van der Waals surface area contributed by atoms with E-state index in [0.29, 0.717) is 11.6 Å². The molecule has 0 saturated heterocycles. The Bertz CT molecular complexity index is 539. The SMILES string of the molecule is Cc1ccc(C(CN)C(O)c2ccccc2Cl)cc1. The molecule has 0 bridgehead atoms. The van der Waals surface area contributed by atoms with Crippen LogP contribution in [-0.2, 0) is 0 Å². The summed E-state index contributed by atoms with van der Waals surface area (Å²) in [5, 5.41) is 11.1. The molecule has 0 heterocycles. The summed E-state index contributed by atoms with van der Waals surface area (Å²) in [4.78, 5) is 0. The standard InChI is InChI=1S/C16H18ClNO/c1-11-6-8-12(9-7-11)14(10-18)16(19)13-4-2-3-5-15(13)17/h2-9,14,16,19H,10,18H2,1H3. The fourth-order valence-electron chi connectivity index (χ4n) is 2.19. The molecule has 0 fully saturated rings. The largest absolute Gasteiger partial charge is 0.388 e. The average molecular weight is 276 g/mol. The van der Waals surface area contributed by atoms with Gasteiger partial charge in [0.15, 0.2) is 0 Å². The Morgan fingerprint density at radius 1 is 1.11 bits per heavy atom. The third-order valence-corrected chi connectivity index (χ3v) is 3.71. The Balaban J connectivity index is 2.32. The molecule has 2 atom stereocenters. The Kier molecular flexibility index (Phi) is 4.59. The molecule has 0 aliphatic heterocycles. The van der Waals surface area contributed by atoms with E-state index in [1.807, 2.05) is 49.4 Å². The van der Waals surface area contributed by atoms with Gasteiger partial charge >= 0.3 is 0 Å². The fraction of sp³-hybridized carbons (Fsp3) is 0.250. The molecule has 3 N–H and O–H groups in total. The monoisotopic (exact) mass is 275 g/mol. The predicted molar refractivity (Wildman–Crippen MR) is 79.4 cm³/mol. The summed E-state index contributed by atoms with van der Waals surface area (Å²) >= 11 is 6.13. The molecule has 2 nitrogen and oxygen atoms in total. The topological polar surface area (TPSA) is 46.2 Å². The number of hydrogen-bond acceptors (Lipinski definition) is 2. The number of aryl methyl sites for hydroxylation is 1. The van der Waals surface area contributed by atoms with Crippen LogP contribution in [0.15, 0.2) is 48.5 Å². The van der Waals surface area contributed by atoms with Crippen molar-refractivity contribution in [1.29, 1.82) is 0 Å². The van der Waals surface area contributed by atoms with Crippen LogP contribution >= 0.6 is 11.6 Å². The Morgan fingerprint density at radius 3 is 2.32 bits per heavy atom. The molecule has 0 aromatic heterocycles. The molecule has 2 aromatic carbocycles. The van der Waals surface area contributed by atoms with Gasteiger partial charge < -0.3 is 10.8 Å². The summed E-state index contributed by atoms with van der Waals surface area (Å²) in [5.74, 6) is -0.152. The van der Waals surface area contributed by atoms with E-state index in [1.54, 1.807) is 6.07 Å². The van der Waals surface area contributed by atoms with Gasteiger partial charge in [0.2, 0.25) is 0 Å². The fourth-order valence-corrected chi connectivity index (χ4v) is 2.44. The summed E-state index contributed by atoms with van der Waals surface area (Å²) in [6.45, 7) is 2.40. The van der Waals surface area contributed by atoms with Crippen LogP contribution in [0.5, 0.6) is 0 Å². The van der Waals surface area contributed by atoms with Crippen LogP contribution < -0.4 is 5.73 Å². The lowest BCUT2D eigenvalue weighted by Gasteiger charge is -2.23. The maximum Gasteiger partial charge on any atom is 0.0885 e. The van der Waals surface area contributed by atoms with Crippen LogP contribution in [0.25, 0.3) is 0 Å². The third kappa shape index (κ3) is 3.16. The number of aliphatic hydroxyl groups excluding tert-OH is 1. The third-order valence-electron chi connectivity index (χ3n) is 3.36. The lowest BCUT2D eigenvalue weighted by atomic mass is 9.89. The molecule has 0 aliphatic rings. The molecule has 2 aromatic rings. The van der Waals surface area contributed by atoms with Crippen LogP contribution in [-0.4, -0.2) is 11.7 Å². The van der Waals surface area contributed by atoms with Gasteiger partial charge in [-0.2, -0.15) is 0 Å². The molecule has 0 radical (unpaired) electrons. The molecule has 0 saturated carbocycles. The lowest BCUT2D eigenvalue weighted by Crippen LogP contribution is -2.20. The van der Waals surface area contributed by atoms with E-state index in [0.717, 1.165) is 11.1 Å². The molecule has 19 heavy (non-hydrogen) atoms. The van der Waals surface area contributed by atoms with Crippen LogP contribution in [0.4, 0.5) is 0 Å². The first-order valence-electron chi connectivity index (χ1n) is 6.32. The van der Waals surface area contributed by atoms with E-state index < -0.39 is 6.10 Å². The van der Waals surface area contributed by atoms with Gasteiger partial charge in [-0.25, -0.2) is 0 Å². The number of rotatable bonds is 4. The highest BCUT2D eigenvalue weighted by molar-refractivity contribution is 6.31. The quantitative estimate of drug-likeness (QED) is 0.898. The summed E-state index contributed by atoms with van der Waals surface area (Å²) < 4.78 is 0. The first kappa shape index (κ1) is 14.1. The summed E-state index contributed by atoms with van der Waals surface area (Å²) in [5.41, 5.74) is 8.77. The minimum absolute atomic E-state index is 0.152. The highest BCUT2D eigenvalue weighted by Gasteiger charge is 2.23. The number of benzene rings is 2. The summed E-state index contributed by atoms with van der Waals surface area (Å²) in [6.07, 6.45) is -0.693. The zero-order valence-corrected chi connectivity index (χ0v) is 11.6. The van der Waals surface area contributed by atoms with Crippen LogP contribution in [0.2, 0.25) is 5.02 Å². The number of aliphatic hydroxyl groups is 1. The minimum atomic E-state index is -0.693. The van der Waals surface area contributed by atoms with E-state index in [4.69, 9.17) is 17.3 Å². The van der Waals surface area contributed by atoms with Crippen LogP contribution in [0.3, 0.4) is 0 Å². The van der Waals surface area contributed by atoms with Gasteiger partial charge in [0.05, 0.1) is 6.10 Å². The van der Waals surface area contributed by atoms with Gasteiger partial charge in [0.1, 0.15) is 0 Å². The van der Waals surface area contributed by atoms with Crippen molar-refractivity contribution in [2.24, 2.45) is 5.73 Å². The highest BCUT2D eigenvalue weighted by atomic mass is 35.5. The van der Waals surface area contributed by atoms with Gasteiger partial charge in [0, 0.05) is 17.5 Å². The Labute approximate surface area is 118 Å². The maximum absolute atomic E-state index is 10.5. The summed E-state index contributed by atoms with van der Waals surface area (Å²) in [6, 6.07) is 15.4. The van der Waals surface area contributed by atoms with Crippen LogP contribution in [0.1, 0.15) is 28.7 Å². The lowest BCUT2D eigenvalue weighted by molar-refractivity contribution is 0.147. The van der Waals surface area contributed by atoms with Crippen molar-refractivity contribution in [3.05, 3.63) is 70.2 Å². The van der Waals surface area contributed by atoms with E-state index in [2.05, 4.69) is 0 Å². The van der Waals surface area contributed by atoms with Gasteiger partial charge in [-0.3, -0.25) is 0 Å². The van der Waals surface area contributed by atoms with Gasteiger partial charge in [0.25, 0.3) is 0 Å². The van der Waals surface area contributed by atoms with E-state index in [1.165, 1.54) is 5.56 Å². The molecule has 2 rings (SSSR count). The molecule has 0 amide bonds. The van der Waals surface area contributed by atoms with Crippen molar-refractivity contribution in [3.8, 4) is 0 Å². The second kappa shape index (κ2) is 6.20.